The van der Waals surface area contributed by atoms with E-state index in [1.807, 2.05) is 0 Å². The van der Waals surface area contributed by atoms with E-state index in [0.717, 1.165) is 16.8 Å². The summed E-state index contributed by atoms with van der Waals surface area (Å²) in [4.78, 5) is 4.05. The Labute approximate surface area is 169 Å². The van der Waals surface area contributed by atoms with Gasteiger partial charge in [0.05, 0.1) is 22.9 Å². The molecular weight excluding hydrogens is 416 g/mol. The maximum absolute atomic E-state index is 14.6. The highest BCUT2D eigenvalue weighted by Crippen LogP contribution is 2.36. The average molecular weight is 431 g/mol. The van der Waals surface area contributed by atoms with Crippen molar-refractivity contribution in [2.24, 2.45) is 5.14 Å². The van der Waals surface area contributed by atoms with Crippen LogP contribution in [0, 0.1) is 11.6 Å². The van der Waals surface area contributed by atoms with E-state index in [2.05, 4.69) is 10.1 Å². The Hall–Kier alpha value is -3.57. The Balaban J connectivity index is 2.03. The van der Waals surface area contributed by atoms with Crippen molar-refractivity contribution in [2.45, 2.75) is 4.90 Å². The molecule has 2 aromatic heterocycles. The molecule has 0 aliphatic carbocycles. The molecule has 11 heteroatoms. The van der Waals surface area contributed by atoms with Gasteiger partial charge in [-0.2, -0.15) is 5.10 Å². The first kappa shape index (κ1) is 19.7. The number of hydrogen-bond acceptors (Lipinski definition) is 6. The molecule has 0 aliphatic heterocycles. The lowest BCUT2D eigenvalue weighted by Crippen LogP contribution is -2.11. The second-order valence-corrected chi connectivity index (χ2v) is 7.94. The molecule has 0 aliphatic rings. The topological polar surface area (TPSA) is 126 Å². The van der Waals surface area contributed by atoms with E-state index in [1.54, 1.807) is 0 Å². The van der Waals surface area contributed by atoms with Gasteiger partial charge < -0.3 is 10.5 Å². The van der Waals surface area contributed by atoms with E-state index in [9.17, 15) is 17.2 Å². The van der Waals surface area contributed by atoms with Crippen molar-refractivity contribution in [3.05, 3.63) is 60.3 Å². The first-order chi connectivity index (χ1) is 14.2. The quantitative estimate of drug-likeness (QED) is 0.479. The number of ether oxygens (including phenoxy) is 1. The zero-order chi connectivity index (χ0) is 21.6. The maximum atomic E-state index is 14.6. The van der Waals surface area contributed by atoms with Crippen LogP contribution in [-0.4, -0.2) is 30.3 Å². The lowest BCUT2D eigenvalue weighted by atomic mass is 10.1. The summed E-state index contributed by atoms with van der Waals surface area (Å²) < 4.78 is 58.6. The minimum absolute atomic E-state index is 0.0664. The molecule has 0 spiro atoms. The largest absolute Gasteiger partial charge is 0.480 e. The maximum Gasteiger partial charge on any atom is 0.238 e. The predicted molar refractivity (Wildman–Crippen MR) is 107 cm³/mol. The molecule has 0 fully saturated rings. The molecule has 4 aromatic rings. The highest BCUT2D eigenvalue weighted by Gasteiger charge is 2.23. The van der Waals surface area contributed by atoms with Crippen LogP contribution in [0.15, 0.2) is 53.6 Å². The monoisotopic (exact) mass is 431 g/mol. The van der Waals surface area contributed by atoms with Crippen molar-refractivity contribution in [2.75, 3.05) is 12.8 Å². The van der Waals surface area contributed by atoms with Crippen LogP contribution in [0.2, 0.25) is 0 Å². The second kappa shape index (κ2) is 7.04. The Morgan fingerprint density at radius 1 is 1.07 bits per heavy atom. The number of fused-ring (bicyclic) bond motifs is 1. The van der Waals surface area contributed by atoms with Crippen LogP contribution in [0.5, 0.6) is 5.88 Å². The number of hydrogen-bond donors (Lipinski definition) is 2. The number of nitrogens with zero attached hydrogens (tertiary/aromatic N) is 3. The Morgan fingerprint density at radius 2 is 1.70 bits per heavy atom. The third kappa shape index (κ3) is 3.23. The normalized spacial score (nSPS) is 11.7. The van der Waals surface area contributed by atoms with Crippen LogP contribution in [0.3, 0.4) is 0 Å². The molecule has 0 saturated heterocycles. The molecule has 0 unspecified atom stereocenters. The van der Waals surface area contributed by atoms with Gasteiger partial charge in [-0.3, -0.25) is 0 Å². The molecule has 0 amide bonds. The third-order valence-electron chi connectivity index (χ3n) is 4.46. The van der Waals surface area contributed by atoms with Crippen molar-refractivity contribution in [1.82, 2.24) is 14.8 Å². The van der Waals surface area contributed by atoms with E-state index in [1.165, 1.54) is 43.6 Å². The molecule has 0 saturated carbocycles. The summed E-state index contributed by atoms with van der Waals surface area (Å²) in [6.45, 7) is 0. The number of anilines is 1. The molecule has 4 N–H and O–H groups in total. The third-order valence-corrected chi connectivity index (χ3v) is 5.39. The molecule has 2 aromatic carbocycles. The van der Waals surface area contributed by atoms with Gasteiger partial charge in [-0.25, -0.2) is 32.0 Å². The molecule has 30 heavy (non-hydrogen) atoms. The van der Waals surface area contributed by atoms with Crippen LogP contribution in [0.1, 0.15) is 0 Å². The van der Waals surface area contributed by atoms with Gasteiger partial charge in [-0.15, -0.1) is 0 Å². The molecular formula is C19H15F2N5O3S. The summed E-state index contributed by atoms with van der Waals surface area (Å²) in [7, 11) is -2.48. The minimum Gasteiger partial charge on any atom is -0.480 e. The van der Waals surface area contributed by atoms with Gasteiger partial charge in [-0.05, 0) is 30.3 Å². The molecule has 2 heterocycles. The van der Waals surface area contributed by atoms with Crippen LogP contribution >= 0.6 is 0 Å². The number of benzene rings is 2. The van der Waals surface area contributed by atoms with Crippen LogP contribution in [0.25, 0.3) is 27.8 Å². The van der Waals surface area contributed by atoms with E-state index in [4.69, 9.17) is 15.6 Å². The number of primary sulfonamides is 1. The second-order valence-electron chi connectivity index (χ2n) is 6.38. The smallest absolute Gasteiger partial charge is 0.238 e. The van der Waals surface area contributed by atoms with Gasteiger partial charge in [0.15, 0.2) is 11.6 Å². The standard InChI is InChI=1S/C19H15F2N5O3S/c1-29-19-16-15(6-7-24-19)26(18-13(20)8-11(22)9-14(18)21)25-17(16)10-2-4-12(5-3-10)30(23,27)28/h2-9H,22H2,1H3,(H2,23,27,28). The van der Waals surface area contributed by atoms with Crippen LogP contribution in [0.4, 0.5) is 14.5 Å². The van der Waals surface area contributed by atoms with Gasteiger partial charge in [0.1, 0.15) is 11.4 Å². The fourth-order valence-electron chi connectivity index (χ4n) is 3.15. The Bertz CT molecular complexity index is 1360. The summed E-state index contributed by atoms with van der Waals surface area (Å²) in [5.41, 5.74) is 6.10. The summed E-state index contributed by atoms with van der Waals surface area (Å²) in [6.07, 6.45) is 1.42. The zero-order valence-corrected chi connectivity index (χ0v) is 16.3. The zero-order valence-electron chi connectivity index (χ0n) is 15.5. The number of nitrogens with two attached hydrogens (primary N) is 2. The minimum atomic E-state index is -3.88. The molecule has 0 radical (unpaired) electrons. The lowest BCUT2D eigenvalue weighted by Gasteiger charge is -2.08. The summed E-state index contributed by atoms with van der Waals surface area (Å²) >= 11 is 0. The Morgan fingerprint density at radius 3 is 2.27 bits per heavy atom. The first-order valence-electron chi connectivity index (χ1n) is 8.50. The highest BCUT2D eigenvalue weighted by atomic mass is 32.2. The van der Waals surface area contributed by atoms with Crippen molar-refractivity contribution in [1.29, 1.82) is 0 Å². The molecule has 154 valence electrons. The number of aromatic nitrogens is 3. The average Bonchev–Trinajstić information content (AvgIpc) is 3.06. The summed E-state index contributed by atoms with van der Waals surface area (Å²) in [5, 5.41) is 9.90. The van der Waals surface area contributed by atoms with E-state index >= 15 is 0 Å². The van der Waals surface area contributed by atoms with Crippen molar-refractivity contribution < 1.29 is 21.9 Å². The van der Waals surface area contributed by atoms with E-state index in [0.29, 0.717) is 16.5 Å². The van der Waals surface area contributed by atoms with Crippen molar-refractivity contribution in [3.63, 3.8) is 0 Å². The summed E-state index contributed by atoms with van der Waals surface area (Å²) in [5.74, 6) is -1.62. The Kier molecular flexibility index (Phi) is 4.63. The molecule has 0 atom stereocenters. The van der Waals surface area contributed by atoms with Gasteiger partial charge in [0.25, 0.3) is 0 Å². The van der Waals surface area contributed by atoms with Crippen molar-refractivity contribution >= 4 is 26.6 Å². The van der Waals surface area contributed by atoms with Gasteiger partial charge in [0.2, 0.25) is 15.9 Å². The molecule has 4 rings (SSSR count). The van der Waals surface area contributed by atoms with Crippen LogP contribution < -0.4 is 15.6 Å². The number of methoxy groups -OCH3 is 1. The highest BCUT2D eigenvalue weighted by molar-refractivity contribution is 7.89. The molecule has 8 nitrogen and oxygen atoms in total. The van der Waals surface area contributed by atoms with Crippen LogP contribution in [-0.2, 0) is 10.0 Å². The number of pyridine rings is 1. The first-order valence-corrected chi connectivity index (χ1v) is 10.0. The fourth-order valence-corrected chi connectivity index (χ4v) is 3.67. The summed E-state index contributed by atoms with van der Waals surface area (Å²) in [6, 6.07) is 9.09. The number of rotatable bonds is 4. The van der Waals surface area contributed by atoms with Gasteiger partial charge in [-0.1, -0.05) is 12.1 Å². The number of halogens is 2. The van der Waals surface area contributed by atoms with Gasteiger partial charge in [0, 0.05) is 17.4 Å². The number of nitrogen functional groups attached to an aromatic ring is 1. The lowest BCUT2D eigenvalue weighted by molar-refractivity contribution is 0.403. The fraction of sp³-hybridized carbons (Fsp3) is 0.0526. The van der Waals surface area contributed by atoms with E-state index in [-0.39, 0.29) is 22.2 Å². The van der Waals surface area contributed by atoms with E-state index < -0.39 is 27.3 Å². The SMILES string of the molecule is COc1nccc2c1c(-c1ccc(S(N)(=O)=O)cc1)nn2-c1c(F)cc(N)cc1F. The predicted octanol–water partition coefficient (Wildman–Crippen LogP) is 2.60. The number of sulfonamides is 1. The van der Waals surface area contributed by atoms with Gasteiger partial charge >= 0.3 is 0 Å². The van der Waals surface area contributed by atoms with Crippen molar-refractivity contribution in [3.8, 4) is 22.8 Å². The molecule has 0 bridgehead atoms.